The van der Waals surface area contributed by atoms with E-state index >= 15 is 0 Å². The number of carbonyl (C=O) groups is 2. The summed E-state index contributed by atoms with van der Waals surface area (Å²) in [5.41, 5.74) is 0.441. The summed E-state index contributed by atoms with van der Waals surface area (Å²) in [5, 5.41) is 11.8. The number of nitrogens with one attached hydrogen (secondary N) is 1. The SMILES string of the molecule is O=C(O)CSc1cnc(NC(=O)N(CC2CCCC2)c2ccc(OC(F)(F)F)cc2)s1. The fourth-order valence-electron chi connectivity index (χ4n) is 3.26. The number of nitrogens with zero attached hydrogens (tertiary/aromatic N) is 2. The molecule has 3 rings (SSSR count). The van der Waals surface area contributed by atoms with Crippen molar-refractivity contribution in [3.8, 4) is 5.75 Å². The van der Waals surface area contributed by atoms with Gasteiger partial charge in [-0.2, -0.15) is 0 Å². The minimum absolute atomic E-state index is 0.115. The summed E-state index contributed by atoms with van der Waals surface area (Å²) < 4.78 is 41.8. The number of urea groups is 1. The monoisotopic (exact) mass is 475 g/mol. The Morgan fingerprint density at radius 3 is 2.55 bits per heavy atom. The van der Waals surface area contributed by atoms with E-state index in [0.717, 1.165) is 48.8 Å². The number of aliphatic carboxylic acids is 1. The third-order valence-electron chi connectivity index (χ3n) is 4.58. The number of thiazole rings is 1. The Hall–Kier alpha value is -2.47. The first-order valence-corrected chi connectivity index (χ1v) is 11.2. The van der Waals surface area contributed by atoms with Crippen molar-refractivity contribution in [2.75, 3.05) is 22.5 Å². The first-order chi connectivity index (χ1) is 14.7. The molecule has 1 aliphatic rings. The molecule has 0 unspecified atom stereocenters. The van der Waals surface area contributed by atoms with Crippen LogP contribution in [0.1, 0.15) is 25.7 Å². The molecule has 0 atom stereocenters. The smallest absolute Gasteiger partial charge is 0.481 e. The number of carboxylic acids is 1. The van der Waals surface area contributed by atoms with E-state index in [2.05, 4.69) is 15.0 Å². The van der Waals surface area contributed by atoms with E-state index in [1.165, 1.54) is 35.4 Å². The topological polar surface area (TPSA) is 91.8 Å². The summed E-state index contributed by atoms with van der Waals surface area (Å²) >= 11 is 2.25. The third kappa shape index (κ3) is 7.31. The Balaban J connectivity index is 1.72. The van der Waals surface area contributed by atoms with Crippen LogP contribution in [0, 0.1) is 5.92 Å². The number of carbonyl (C=O) groups excluding carboxylic acids is 1. The molecule has 2 amide bonds. The fraction of sp³-hybridized carbons (Fsp3) is 0.421. The number of rotatable bonds is 8. The van der Waals surface area contributed by atoms with Crippen molar-refractivity contribution in [1.82, 2.24) is 4.98 Å². The number of anilines is 2. The van der Waals surface area contributed by atoms with Gasteiger partial charge < -0.3 is 9.84 Å². The highest BCUT2D eigenvalue weighted by atomic mass is 32.2. The fourth-order valence-corrected chi connectivity index (χ4v) is 4.84. The van der Waals surface area contributed by atoms with Gasteiger partial charge in [0, 0.05) is 12.2 Å². The van der Waals surface area contributed by atoms with Crippen LogP contribution in [-0.4, -0.2) is 40.8 Å². The molecule has 0 spiro atoms. The lowest BCUT2D eigenvalue weighted by molar-refractivity contribution is -0.274. The van der Waals surface area contributed by atoms with Gasteiger partial charge in [-0.1, -0.05) is 24.2 Å². The summed E-state index contributed by atoms with van der Waals surface area (Å²) in [6.45, 7) is 0.428. The highest BCUT2D eigenvalue weighted by Gasteiger charge is 2.31. The lowest BCUT2D eigenvalue weighted by Gasteiger charge is -2.26. The molecule has 2 aromatic rings. The van der Waals surface area contributed by atoms with Crippen molar-refractivity contribution in [2.45, 2.75) is 36.3 Å². The van der Waals surface area contributed by atoms with Crippen LogP contribution in [0.2, 0.25) is 0 Å². The first-order valence-electron chi connectivity index (χ1n) is 9.44. The van der Waals surface area contributed by atoms with Crippen LogP contribution in [0.5, 0.6) is 5.75 Å². The van der Waals surface area contributed by atoms with Gasteiger partial charge in [-0.3, -0.25) is 15.0 Å². The highest BCUT2D eigenvalue weighted by Crippen LogP contribution is 2.31. The Kier molecular flexibility index (Phi) is 7.65. The van der Waals surface area contributed by atoms with Gasteiger partial charge in [0.1, 0.15) is 5.75 Å². The Morgan fingerprint density at radius 2 is 1.94 bits per heavy atom. The van der Waals surface area contributed by atoms with Gasteiger partial charge in [-0.05, 0) is 43.0 Å². The summed E-state index contributed by atoms with van der Waals surface area (Å²) in [6, 6.07) is 4.70. The van der Waals surface area contributed by atoms with Gasteiger partial charge >= 0.3 is 18.4 Å². The van der Waals surface area contributed by atoms with E-state index in [-0.39, 0.29) is 11.5 Å². The minimum atomic E-state index is -4.79. The van der Waals surface area contributed by atoms with Crippen molar-refractivity contribution < 1.29 is 32.6 Å². The molecule has 1 aromatic carbocycles. The molecule has 1 heterocycles. The van der Waals surface area contributed by atoms with Gasteiger partial charge in [-0.15, -0.1) is 24.9 Å². The summed E-state index contributed by atoms with van der Waals surface area (Å²) in [4.78, 5) is 29.2. The average Bonchev–Trinajstić information content (AvgIpc) is 3.36. The van der Waals surface area contributed by atoms with E-state index < -0.39 is 18.4 Å². The predicted octanol–water partition coefficient (Wildman–Crippen LogP) is 5.45. The molecule has 1 fully saturated rings. The van der Waals surface area contributed by atoms with E-state index in [1.54, 1.807) is 0 Å². The molecule has 1 saturated carbocycles. The maximum Gasteiger partial charge on any atom is 0.573 e. The van der Waals surface area contributed by atoms with Gasteiger partial charge in [0.15, 0.2) is 5.13 Å². The van der Waals surface area contributed by atoms with Crippen LogP contribution in [-0.2, 0) is 4.79 Å². The molecule has 0 radical (unpaired) electrons. The van der Waals surface area contributed by atoms with Gasteiger partial charge in [0.2, 0.25) is 0 Å². The second-order valence-corrected chi connectivity index (χ2v) is 9.21. The Bertz CT molecular complexity index is 900. The number of amides is 2. The molecule has 1 aromatic heterocycles. The number of carboxylic acid groups (broad SMARTS) is 1. The zero-order valence-corrected chi connectivity index (χ0v) is 17.9. The zero-order valence-electron chi connectivity index (χ0n) is 16.2. The van der Waals surface area contributed by atoms with Crippen LogP contribution in [0.4, 0.5) is 28.8 Å². The molecule has 7 nitrogen and oxygen atoms in total. The number of ether oxygens (including phenoxy) is 1. The van der Waals surface area contributed by atoms with E-state index in [0.29, 0.717) is 27.5 Å². The second-order valence-electron chi connectivity index (χ2n) is 6.90. The average molecular weight is 476 g/mol. The summed E-state index contributed by atoms with van der Waals surface area (Å²) in [5.74, 6) is -1.13. The predicted molar refractivity (Wildman–Crippen MR) is 112 cm³/mol. The largest absolute Gasteiger partial charge is 0.573 e. The molecule has 1 aliphatic carbocycles. The molecular weight excluding hydrogens is 455 g/mol. The molecular formula is C19H20F3N3O4S2. The van der Waals surface area contributed by atoms with Crippen molar-refractivity contribution in [2.24, 2.45) is 5.92 Å². The maximum atomic E-state index is 13.0. The summed E-state index contributed by atoms with van der Waals surface area (Å²) in [6.07, 6.45) is 0.810. The summed E-state index contributed by atoms with van der Waals surface area (Å²) in [7, 11) is 0. The molecule has 2 N–H and O–H groups in total. The lowest BCUT2D eigenvalue weighted by Crippen LogP contribution is -2.38. The maximum absolute atomic E-state index is 13.0. The number of hydrogen-bond acceptors (Lipinski definition) is 6. The number of thioether (sulfide) groups is 1. The third-order valence-corrected chi connectivity index (χ3v) is 6.67. The molecule has 0 aliphatic heterocycles. The van der Waals surface area contributed by atoms with Crippen LogP contribution >= 0.6 is 23.1 Å². The number of hydrogen-bond donors (Lipinski definition) is 2. The lowest BCUT2D eigenvalue weighted by atomic mass is 10.1. The second kappa shape index (κ2) is 10.2. The standard InChI is InChI=1S/C19H20F3N3O4S2/c20-19(21,22)29-14-7-5-13(6-8-14)25(10-12-3-1-2-4-12)18(28)24-17-23-9-16(31-17)30-11-15(26)27/h5-9,12H,1-4,10-11H2,(H,26,27)(H,23,24,28). The van der Waals surface area contributed by atoms with Gasteiger partial charge in [0.25, 0.3) is 0 Å². The number of benzene rings is 1. The van der Waals surface area contributed by atoms with Crippen molar-refractivity contribution >= 4 is 45.9 Å². The van der Waals surface area contributed by atoms with Gasteiger partial charge in [0.05, 0.1) is 16.2 Å². The number of aromatic nitrogens is 1. The van der Waals surface area contributed by atoms with Crippen molar-refractivity contribution in [3.63, 3.8) is 0 Å². The minimum Gasteiger partial charge on any atom is -0.481 e. The Labute approximate surface area is 184 Å². The normalized spacial score (nSPS) is 14.4. The van der Waals surface area contributed by atoms with Crippen molar-refractivity contribution in [1.29, 1.82) is 0 Å². The van der Waals surface area contributed by atoms with E-state index in [9.17, 15) is 22.8 Å². The molecule has 31 heavy (non-hydrogen) atoms. The van der Waals surface area contributed by atoms with E-state index in [1.807, 2.05) is 0 Å². The number of alkyl halides is 3. The van der Waals surface area contributed by atoms with Crippen molar-refractivity contribution in [3.05, 3.63) is 30.5 Å². The molecule has 12 heteroatoms. The molecule has 0 bridgehead atoms. The van der Waals surface area contributed by atoms with Crippen LogP contribution < -0.4 is 15.0 Å². The quantitative estimate of drug-likeness (QED) is 0.494. The number of halogens is 3. The highest BCUT2D eigenvalue weighted by molar-refractivity contribution is 8.01. The first kappa shape index (κ1) is 23.2. The zero-order chi connectivity index (χ0) is 22.4. The van der Waals surface area contributed by atoms with Gasteiger partial charge in [-0.25, -0.2) is 9.78 Å². The molecule has 0 saturated heterocycles. The Morgan fingerprint density at radius 1 is 1.26 bits per heavy atom. The van der Waals surface area contributed by atoms with E-state index in [4.69, 9.17) is 5.11 Å². The molecule has 168 valence electrons. The van der Waals surface area contributed by atoms with Crippen LogP contribution in [0.3, 0.4) is 0 Å². The van der Waals surface area contributed by atoms with Crippen LogP contribution in [0.15, 0.2) is 34.7 Å². The van der Waals surface area contributed by atoms with Crippen LogP contribution in [0.25, 0.3) is 0 Å².